The first-order valence-corrected chi connectivity index (χ1v) is 14.2. The van der Waals surface area contributed by atoms with Crippen LogP contribution in [0.2, 0.25) is 0 Å². The van der Waals surface area contributed by atoms with Gasteiger partial charge in [0.05, 0.1) is 6.61 Å². The van der Waals surface area contributed by atoms with E-state index in [9.17, 15) is 14.7 Å². The van der Waals surface area contributed by atoms with Crippen LogP contribution in [0.5, 0.6) is 29.0 Å². The summed E-state index contributed by atoms with van der Waals surface area (Å²) in [7, 11) is 3.16. The van der Waals surface area contributed by atoms with Crippen molar-refractivity contribution in [3.63, 3.8) is 0 Å². The largest absolute Gasteiger partial charge is 0.504 e. The number of benzene rings is 2. The molecule has 1 fully saturated rings. The second-order valence-electron chi connectivity index (χ2n) is 11.0. The van der Waals surface area contributed by atoms with Crippen LogP contribution in [-0.2, 0) is 9.53 Å². The van der Waals surface area contributed by atoms with Gasteiger partial charge in [-0.1, -0.05) is 6.07 Å². The van der Waals surface area contributed by atoms with E-state index in [1.807, 2.05) is 4.90 Å². The molecule has 3 aromatic rings. The number of nitrogens with two attached hydrogens (primary N) is 1. The molecule has 45 heavy (non-hydrogen) atoms. The van der Waals surface area contributed by atoms with Crippen molar-refractivity contribution in [3.8, 4) is 29.0 Å². The van der Waals surface area contributed by atoms with Gasteiger partial charge in [-0.25, -0.2) is 0 Å². The minimum Gasteiger partial charge on any atom is -0.504 e. The van der Waals surface area contributed by atoms with Gasteiger partial charge >= 0.3 is 5.97 Å². The van der Waals surface area contributed by atoms with Gasteiger partial charge in [-0.2, -0.15) is 13.8 Å². The topological polar surface area (TPSA) is 155 Å². The number of halogens is 2. The summed E-state index contributed by atoms with van der Waals surface area (Å²) in [4.78, 5) is 33.7. The number of aromatic hydroxyl groups is 1. The van der Waals surface area contributed by atoms with Crippen LogP contribution < -0.4 is 20.1 Å². The lowest BCUT2D eigenvalue weighted by molar-refractivity contribution is -0.156. The molecule has 2 heterocycles. The molecule has 0 saturated carbocycles. The van der Waals surface area contributed by atoms with Gasteiger partial charge in [-0.3, -0.25) is 19.9 Å². The molecule has 0 spiro atoms. The van der Waals surface area contributed by atoms with Gasteiger partial charge in [0.2, 0.25) is 11.6 Å². The molecule has 0 atom stereocenters. The van der Waals surface area contributed by atoms with Gasteiger partial charge in [-0.05, 0) is 57.2 Å². The van der Waals surface area contributed by atoms with Crippen LogP contribution in [-0.4, -0.2) is 90.0 Å². The van der Waals surface area contributed by atoms with Crippen LogP contribution >= 0.6 is 0 Å². The average Bonchev–Trinajstić information content (AvgIpc) is 3.00. The third-order valence-electron chi connectivity index (χ3n) is 7.34. The van der Waals surface area contributed by atoms with E-state index in [4.69, 9.17) is 25.4 Å². The summed E-state index contributed by atoms with van der Waals surface area (Å²) in [5.74, 6) is -5.33. The molecular weight excluding hydrogens is 590 g/mol. The monoisotopic (exact) mass is 626 g/mol. The highest BCUT2D eigenvalue weighted by molar-refractivity contribution is 5.95. The molecular formula is C31H36F2N6O6. The maximum atomic E-state index is 16.1. The molecule has 240 valence electrons. The SMILES string of the molecule is CCOC(=O)C(C)(C)N1CCN(c2c(F)c(Oc3cccc(C(=O)N(C)C)c3)nc(Oc3cc(C(=N)N)ccc3O)c2F)CC1. The van der Waals surface area contributed by atoms with E-state index >= 15 is 8.78 Å². The molecule has 0 radical (unpaired) electrons. The normalized spacial score (nSPS) is 13.7. The van der Waals surface area contributed by atoms with E-state index in [1.54, 1.807) is 47.0 Å². The third-order valence-corrected chi connectivity index (χ3v) is 7.34. The van der Waals surface area contributed by atoms with E-state index in [1.165, 1.54) is 40.1 Å². The van der Waals surface area contributed by atoms with E-state index < -0.39 is 46.3 Å². The first kappa shape index (κ1) is 32.9. The third kappa shape index (κ3) is 7.06. The number of ether oxygens (including phenoxy) is 3. The summed E-state index contributed by atoms with van der Waals surface area (Å²) in [6, 6.07) is 9.78. The number of pyridine rings is 1. The number of phenols is 1. The van der Waals surface area contributed by atoms with E-state index in [-0.39, 0.29) is 67.2 Å². The molecule has 12 nitrogen and oxygen atoms in total. The van der Waals surface area contributed by atoms with Crippen molar-refractivity contribution in [3.05, 3.63) is 65.2 Å². The van der Waals surface area contributed by atoms with E-state index in [0.717, 1.165) is 0 Å². The van der Waals surface area contributed by atoms with Crippen LogP contribution in [0.25, 0.3) is 0 Å². The van der Waals surface area contributed by atoms with Crippen LogP contribution in [0, 0.1) is 17.0 Å². The van der Waals surface area contributed by atoms with Crippen LogP contribution in [0.3, 0.4) is 0 Å². The number of hydrogen-bond donors (Lipinski definition) is 3. The Kier molecular flexibility index (Phi) is 9.76. The molecule has 1 saturated heterocycles. The molecule has 4 N–H and O–H groups in total. The highest BCUT2D eigenvalue weighted by Gasteiger charge is 2.39. The number of aromatic nitrogens is 1. The van der Waals surface area contributed by atoms with Gasteiger partial charge in [0, 0.05) is 51.4 Å². The number of nitrogens with one attached hydrogen (secondary N) is 1. The number of amides is 1. The van der Waals surface area contributed by atoms with Crippen molar-refractivity contribution in [1.82, 2.24) is 14.8 Å². The Morgan fingerprint density at radius 3 is 2.27 bits per heavy atom. The van der Waals surface area contributed by atoms with Crippen LogP contribution in [0.1, 0.15) is 36.7 Å². The number of carbonyl (C=O) groups is 2. The van der Waals surface area contributed by atoms with Crippen LogP contribution in [0.15, 0.2) is 42.5 Å². The maximum Gasteiger partial charge on any atom is 0.325 e. The Labute approximate surface area is 259 Å². The molecule has 1 aromatic heterocycles. The zero-order valence-electron chi connectivity index (χ0n) is 25.7. The smallest absolute Gasteiger partial charge is 0.325 e. The molecule has 1 aliphatic rings. The van der Waals surface area contributed by atoms with Crippen molar-refractivity contribution < 1.29 is 37.7 Å². The Bertz CT molecular complexity index is 1610. The highest BCUT2D eigenvalue weighted by Crippen LogP contribution is 2.40. The quantitative estimate of drug-likeness (QED) is 0.170. The molecule has 1 aliphatic heterocycles. The molecule has 0 bridgehead atoms. The summed E-state index contributed by atoms with van der Waals surface area (Å²) >= 11 is 0. The fraction of sp³-hybridized carbons (Fsp3) is 0.355. The Morgan fingerprint density at radius 1 is 1.02 bits per heavy atom. The second-order valence-corrected chi connectivity index (χ2v) is 11.0. The zero-order chi connectivity index (χ0) is 33.1. The Hall–Kier alpha value is -4.98. The summed E-state index contributed by atoms with van der Waals surface area (Å²) in [6.45, 7) is 6.18. The first-order valence-electron chi connectivity index (χ1n) is 14.2. The number of carbonyl (C=O) groups excluding carboxylic acids is 2. The zero-order valence-corrected chi connectivity index (χ0v) is 25.7. The number of hydrogen-bond acceptors (Lipinski definition) is 10. The molecule has 2 aromatic carbocycles. The maximum absolute atomic E-state index is 16.1. The van der Waals surface area contributed by atoms with Gasteiger partial charge in [0.1, 0.15) is 22.8 Å². The molecule has 0 aliphatic carbocycles. The van der Waals surface area contributed by atoms with Crippen molar-refractivity contribution in [2.75, 3.05) is 51.8 Å². The van der Waals surface area contributed by atoms with Crippen molar-refractivity contribution >= 4 is 23.4 Å². The fourth-order valence-corrected chi connectivity index (χ4v) is 4.76. The van der Waals surface area contributed by atoms with Gasteiger partial charge in [0.25, 0.3) is 17.7 Å². The van der Waals surface area contributed by atoms with Crippen LogP contribution in [0.4, 0.5) is 14.5 Å². The fourth-order valence-electron chi connectivity index (χ4n) is 4.76. The van der Waals surface area contributed by atoms with Crippen molar-refractivity contribution in [2.45, 2.75) is 26.3 Å². The Balaban J connectivity index is 1.74. The lowest BCUT2D eigenvalue weighted by Gasteiger charge is -2.43. The van der Waals surface area contributed by atoms with E-state index in [2.05, 4.69) is 4.98 Å². The average molecular weight is 627 g/mol. The molecule has 1 amide bonds. The van der Waals surface area contributed by atoms with E-state index in [0.29, 0.717) is 0 Å². The first-order chi connectivity index (χ1) is 21.2. The van der Waals surface area contributed by atoms with Gasteiger partial charge < -0.3 is 34.9 Å². The van der Waals surface area contributed by atoms with Crippen molar-refractivity contribution in [2.24, 2.45) is 5.73 Å². The number of anilines is 1. The minimum atomic E-state index is -1.16. The lowest BCUT2D eigenvalue weighted by atomic mass is 10.0. The second kappa shape index (κ2) is 13.3. The minimum absolute atomic E-state index is 0.0556. The number of nitrogens with zero attached hydrogens (tertiary/aromatic N) is 4. The number of rotatable bonds is 10. The predicted molar refractivity (Wildman–Crippen MR) is 162 cm³/mol. The number of piperazine rings is 1. The number of esters is 1. The Morgan fingerprint density at radius 2 is 1.67 bits per heavy atom. The van der Waals surface area contributed by atoms with Gasteiger partial charge in [-0.15, -0.1) is 0 Å². The lowest BCUT2D eigenvalue weighted by Crippen LogP contribution is -2.58. The van der Waals surface area contributed by atoms with Crippen molar-refractivity contribution in [1.29, 1.82) is 5.41 Å². The molecule has 4 rings (SSSR count). The highest BCUT2D eigenvalue weighted by atomic mass is 19.1. The number of amidine groups is 1. The summed E-state index contributed by atoms with van der Waals surface area (Å²) in [6.07, 6.45) is 0. The predicted octanol–water partition coefficient (Wildman–Crippen LogP) is 4.10. The summed E-state index contributed by atoms with van der Waals surface area (Å²) in [5, 5.41) is 18.1. The molecule has 14 heteroatoms. The number of phenolic OH excluding ortho intramolecular Hbond substituents is 1. The summed E-state index contributed by atoms with van der Waals surface area (Å²) in [5.41, 5.74) is 4.55. The number of nitrogen functional groups attached to an aromatic ring is 1. The molecule has 0 unspecified atom stereocenters. The standard InChI is InChI=1S/C31H36F2N6O6/c1-6-43-30(42)31(2,3)39-14-12-38(13-15-39)25-23(32)27(44-20-9-7-8-19(16-20)29(41)37(4)5)36-28(24(25)33)45-22-17-18(26(34)35)10-11-21(22)40/h7-11,16-17,40H,6,12-15H2,1-5H3,(H3,34,35). The summed E-state index contributed by atoms with van der Waals surface area (Å²) < 4.78 is 48.8. The van der Waals surface area contributed by atoms with Gasteiger partial charge in [0.15, 0.2) is 11.5 Å².